The molecule has 0 spiro atoms. The van der Waals surface area contributed by atoms with Crippen molar-refractivity contribution in [3.63, 3.8) is 0 Å². The second-order valence-corrected chi connectivity index (χ2v) is 16.4. The van der Waals surface area contributed by atoms with Crippen LogP contribution in [0.15, 0.2) is 228 Å². The van der Waals surface area contributed by atoms with Gasteiger partial charge in [-0.3, -0.25) is 0 Å². The Morgan fingerprint density at radius 2 is 1.22 bits per heavy atom. The molecule has 3 nitrogen and oxygen atoms in total. The third kappa shape index (κ3) is 6.04. The van der Waals surface area contributed by atoms with Crippen molar-refractivity contribution in [3.05, 3.63) is 235 Å². The van der Waals surface area contributed by atoms with Crippen molar-refractivity contribution in [2.24, 2.45) is 4.99 Å². The lowest BCUT2D eigenvalue weighted by Crippen LogP contribution is -2.14. The molecule has 60 heavy (non-hydrogen) atoms. The van der Waals surface area contributed by atoms with Gasteiger partial charge in [0, 0.05) is 43.1 Å². The Hall–Kier alpha value is -7.40. The van der Waals surface area contributed by atoms with Gasteiger partial charge >= 0.3 is 0 Å². The zero-order chi connectivity index (χ0) is 40.2. The number of nitrogens with zero attached hydrogens (tertiary/aromatic N) is 3. The molecule has 1 aliphatic rings. The van der Waals surface area contributed by atoms with Crippen molar-refractivity contribution < 1.29 is 0 Å². The minimum Gasteiger partial charge on any atom is -0.309 e. The quantitative estimate of drug-likeness (QED) is 0.150. The van der Waals surface area contributed by atoms with Crippen LogP contribution in [-0.4, -0.2) is 10.3 Å². The summed E-state index contributed by atoms with van der Waals surface area (Å²) in [5, 5.41) is 4.97. The topological polar surface area (TPSA) is 20.5 Å². The lowest BCUT2D eigenvalue weighted by atomic mass is 9.96. The van der Waals surface area contributed by atoms with Crippen LogP contribution in [0.25, 0.3) is 55.1 Å². The van der Waals surface area contributed by atoms with E-state index in [0.717, 1.165) is 45.0 Å². The maximum absolute atomic E-state index is 5.20. The first-order valence-corrected chi connectivity index (χ1v) is 21.1. The van der Waals surface area contributed by atoms with E-state index in [1.165, 1.54) is 64.9 Å². The maximum Gasteiger partial charge on any atom is 0.0784 e. The Balaban J connectivity index is 1.05. The normalized spacial score (nSPS) is 12.5. The fourth-order valence-corrected chi connectivity index (χ4v) is 9.94. The molecule has 0 N–H and O–H groups in total. The molecule has 0 radical (unpaired) electrons. The number of hydrogen-bond donors (Lipinski definition) is 0. The monoisotopic (exact) mass is 785 g/mol. The number of anilines is 3. The van der Waals surface area contributed by atoms with Gasteiger partial charge in [-0.25, -0.2) is 4.99 Å². The first kappa shape index (κ1) is 35.7. The molecule has 4 heteroatoms. The van der Waals surface area contributed by atoms with E-state index in [-0.39, 0.29) is 0 Å². The minimum atomic E-state index is 0.720. The highest BCUT2D eigenvalue weighted by Gasteiger charge is 2.26. The van der Waals surface area contributed by atoms with E-state index in [1.54, 1.807) is 0 Å². The van der Waals surface area contributed by atoms with Gasteiger partial charge in [0.15, 0.2) is 0 Å². The molecule has 1 aliphatic heterocycles. The van der Waals surface area contributed by atoms with E-state index in [1.807, 2.05) is 17.8 Å². The van der Waals surface area contributed by atoms with Crippen LogP contribution in [0.2, 0.25) is 0 Å². The summed E-state index contributed by atoms with van der Waals surface area (Å²) in [6.45, 7) is 6.62. The Morgan fingerprint density at radius 1 is 0.517 bits per heavy atom. The molecular formula is C56H39N3S. The molecule has 1 aromatic heterocycles. The van der Waals surface area contributed by atoms with Crippen LogP contribution in [-0.2, 0) is 0 Å². The maximum atomic E-state index is 5.20. The van der Waals surface area contributed by atoms with Crippen molar-refractivity contribution in [2.45, 2.75) is 16.7 Å². The van der Waals surface area contributed by atoms with Crippen LogP contribution in [0, 0.1) is 6.92 Å². The number of rotatable bonds is 7. The number of benzene rings is 9. The predicted octanol–water partition coefficient (Wildman–Crippen LogP) is 15.4. The number of fused-ring (bicyclic) bond motifs is 7. The molecule has 2 heterocycles. The number of aromatic nitrogens is 1. The summed E-state index contributed by atoms with van der Waals surface area (Å²) in [5.41, 5.74) is 15.3. The van der Waals surface area contributed by atoms with Crippen molar-refractivity contribution in [3.8, 4) is 16.8 Å². The Kier molecular flexibility index (Phi) is 8.79. The van der Waals surface area contributed by atoms with Crippen molar-refractivity contribution in [1.29, 1.82) is 0 Å². The van der Waals surface area contributed by atoms with Gasteiger partial charge < -0.3 is 9.47 Å². The number of para-hydroxylation sites is 2. The summed E-state index contributed by atoms with van der Waals surface area (Å²) in [7, 11) is 0. The summed E-state index contributed by atoms with van der Waals surface area (Å²) < 4.78 is 2.42. The van der Waals surface area contributed by atoms with Crippen molar-refractivity contribution in [2.75, 3.05) is 4.90 Å². The second kappa shape index (κ2) is 14.8. The van der Waals surface area contributed by atoms with Gasteiger partial charge in [-0.15, -0.1) is 0 Å². The Bertz CT molecular complexity index is 3310. The van der Waals surface area contributed by atoms with E-state index in [2.05, 4.69) is 223 Å². The number of aryl methyl sites for hydroxylation is 1. The van der Waals surface area contributed by atoms with Gasteiger partial charge in [0.2, 0.25) is 0 Å². The molecular weight excluding hydrogens is 747 g/mol. The van der Waals surface area contributed by atoms with Crippen LogP contribution >= 0.6 is 11.8 Å². The number of hydrogen-bond acceptors (Lipinski definition) is 3. The van der Waals surface area contributed by atoms with Crippen LogP contribution in [0.3, 0.4) is 0 Å². The molecule has 0 bridgehead atoms. The van der Waals surface area contributed by atoms with Crippen LogP contribution in [0.4, 0.5) is 17.1 Å². The molecule has 0 saturated carbocycles. The lowest BCUT2D eigenvalue weighted by molar-refractivity contribution is 1.17. The highest BCUT2D eigenvalue weighted by molar-refractivity contribution is 7.99. The zero-order valence-electron chi connectivity index (χ0n) is 33.1. The van der Waals surface area contributed by atoms with Crippen LogP contribution < -0.4 is 4.90 Å². The summed E-state index contributed by atoms with van der Waals surface area (Å²) in [6, 6.07) is 73.9. The van der Waals surface area contributed by atoms with Gasteiger partial charge in [-0.1, -0.05) is 164 Å². The van der Waals surface area contributed by atoms with Gasteiger partial charge in [-0.2, -0.15) is 0 Å². The smallest absolute Gasteiger partial charge is 0.0784 e. The van der Waals surface area contributed by atoms with E-state index < -0.39 is 0 Å². The first-order chi connectivity index (χ1) is 29.6. The predicted molar refractivity (Wildman–Crippen MR) is 255 cm³/mol. The summed E-state index contributed by atoms with van der Waals surface area (Å²) in [4.78, 5) is 10.1. The van der Waals surface area contributed by atoms with Crippen molar-refractivity contribution in [1.82, 2.24) is 4.57 Å². The van der Waals surface area contributed by atoms with E-state index in [0.29, 0.717) is 0 Å². The van der Waals surface area contributed by atoms with Crippen LogP contribution in [0.1, 0.15) is 22.3 Å². The molecule has 0 fully saturated rings. The van der Waals surface area contributed by atoms with Gasteiger partial charge in [-0.05, 0) is 101 Å². The molecule has 0 saturated heterocycles. The molecule has 0 unspecified atom stereocenters. The highest BCUT2D eigenvalue weighted by atomic mass is 32.2. The first-order valence-electron chi connectivity index (χ1n) is 20.3. The number of aliphatic imine (C=N–C) groups is 1. The molecule has 0 atom stereocenters. The molecule has 9 aromatic carbocycles. The summed E-state index contributed by atoms with van der Waals surface area (Å²) >= 11 is 1.85. The molecule has 284 valence electrons. The third-order valence-electron chi connectivity index (χ3n) is 11.7. The van der Waals surface area contributed by atoms with Crippen molar-refractivity contribution >= 4 is 72.8 Å². The minimum absolute atomic E-state index is 0.720. The van der Waals surface area contributed by atoms with Crippen LogP contribution in [0.5, 0.6) is 0 Å². The average Bonchev–Trinajstić information content (AvgIpc) is 3.66. The molecule has 0 amide bonds. The lowest BCUT2D eigenvalue weighted by Gasteiger charge is -2.33. The van der Waals surface area contributed by atoms with E-state index >= 15 is 0 Å². The Labute approximate surface area is 354 Å². The highest BCUT2D eigenvalue weighted by Crippen LogP contribution is 2.53. The SMILES string of the molecule is C=C(/N=C(/c1ccccc1)c1ccccc1C)c1ccc(-n2c3cccc(-c4ccc5c(c4)Sc4ccccc4N5c4ccccc4)c3c3c4ccccc4ccc32)cc1. The summed E-state index contributed by atoms with van der Waals surface area (Å²) in [6.07, 6.45) is 0. The second-order valence-electron chi connectivity index (χ2n) is 15.3. The fourth-order valence-electron chi connectivity index (χ4n) is 8.84. The standard InChI is InChI=1S/C56H39N3S/c1-37-16-9-11-22-45(37)56(41-18-5-3-6-19-41)57-38(2)39-28-32-44(33-29-39)59-50-26-15-24-47(55(50)54-46-23-12-10-17-40(46)30-35-51(54)59)42-31-34-49-53(36-42)60-52-27-14-13-25-48(52)58(49)43-20-7-4-8-21-43/h3-36H,2H2,1H3/b57-56-. The largest absolute Gasteiger partial charge is 0.309 e. The Morgan fingerprint density at radius 3 is 2.05 bits per heavy atom. The average molecular weight is 786 g/mol. The molecule has 11 rings (SSSR count). The van der Waals surface area contributed by atoms with E-state index in [4.69, 9.17) is 4.99 Å². The zero-order valence-corrected chi connectivity index (χ0v) is 33.9. The summed E-state index contributed by atoms with van der Waals surface area (Å²) in [5.74, 6) is 0. The van der Waals surface area contributed by atoms with E-state index in [9.17, 15) is 0 Å². The molecule has 0 aliphatic carbocycles. The van der Waals surface area contributed by atoms with Gasteiger partial charge in [0.25, 0.3) is 0 Å². The fraction of sp³-hybridized carbons (Fsp3) is 0.0179. The molecule has 10 aromatic rings. The third-order valence-corrected chi connectivity index (χ3v) is 12.8. The van der Waals surface area contributed by atoms with Gasteiger partial charge in [0.1, 0.15) is 0 Å². The van der Waals surface area contributed by atoms with Gasteiger partial charge in [0.05, 0.1) is 33.8 Å².